The van der Waals surface area contributed by atoms with Gasteiger partial charge >= 0.3 is 5.97 Å². The molecule has 0 bridgehead atoms. The van der Waals surface area contributed by atoms with E-state index >= 15 is 0 Å². The van der Waals surface area contributed by atoms with Gasteiger partial charge in [0.1, 0.15) is 0 Å². The molecule has 1 saturated heterocycles. The summed E-state index contributed by atoms with van der Waals surface area (Å²) in [5, 5.41) is 2.70. The predicted octanol–water partition coefficient (Wildman–Crippen LogP) is 1.50. The normalized spacial score (nSPS) is 22.8. The lowest BCUT2D eigenvalue weighted by molar-refractivity contribution is -0.150. The summed E-state index contributed by atoms with van der Waals surface area (Å²) in [6.07, 6.45) is 0. The fourth-order valence-corrected chi connectivity index (χ4v) is 2.68. The van der Waals surface area contributed by atoms with Crippen LogP contribution in [0.5, 0.6) is 0 Å². The molecule has 1 aromatic rings. The number of amides is 1. The monoisotopic (exact) mass is 291 g/mol. The second-order valence-electron chi connectivity index (χ2n) is 5.12. The van der Waals surface area contributed by atoms with Gasteiger partial charge in [-0.15, -0.1) is 0 Å². The van der Waals surface area contributed by atoms with E-state index in [1.54, 1.807) is 19.1 Å². The molecule has 112 valence electrons. The van der Waals surface area contributed by atoms with Crippen LogP contribution in [0.1, 0.15) is 30.9 Å². The van der Waals surface area contributed by atoms with E-state index in [4.69, 9.17) is 14.2 Å². The summed E-state index contributed by atoms with van der Waals surface area (Å²) in [4.78, 5) is 24.0. The predicted molar refractivity (Wildman–Crippen MR) is 73.7 cm³/mol. The Morgan fingerprint density at radius 1 is 1.43 bits per heavy atom. The smallest absolute Gasteiger partial charge is 0.323 e. The molecule has 21 heavy (non-hydrogen) atoms. The van der Waals surface area contributed by atoms with Crippen LogP contribution in [-0.4, -0.2) is 31.7 Å². The van der Waals surface area contributed by atoms with E-state index in [0.29, 0.717) is 24.5 Å². The summed E-state index contributed by atoms with van der Waals surface area (Å²) < 4.78 is 16.2. The first-order valence-electron chi connectivity index (χ1n) is 6.95. The molecular formula is C15H17NO5. The number of carbonyl (C=O) groups is 2. The van der Waals surface area contributed by atoms with Gasteiger partial charge in [0.05, 0.1) is 19.8 Å². The molecule has 0 radical (unpaired) electrons. The fraction of sp³-hybridized carbons (Fsp3) is 0.467. The number of carbonyl (C=O) groups excluding carboxylic acids is 2. The number of fused-ring (bicyclic) bond motifs is 1. The van der Waals surface area contributed by atoms with Crippen molar-refractivity contribution in [3.8, 4) is 0 Å². The summed E-state index contributed by atoms with van der Waals surface area (Å²) in [7, 11) is 0. The Morgan fingerprint density at radius 3 is 2.81 bits per heavy atom. The van der Waals surface area contributed by atoms with Gasteiger partial charge in [0.15, 0.2) is 11.7 Å². The van der Waals surface area contributed by atoms with Crippen molar-refractivity contribution in [2.24, 2.45) is 0 Å². The van der Waals surface area contributed by atoms with E-state index in [9.17, 15) is 9.59 Å². The van der Waals surface area contributed by atoms with E-state index in [1.807, 2.05) is 13.0 Å². The van der Waals surface area contributed by atoms with Crippen LogP contribution in [-0.2, 0) is 29.6 Å². The van der Waals surface area contributed by atoms with E-state index < -0.39 is 17.7 Å². The van der Waals surface area contributed by atoms with Crippen molar-refractivity contribution >= 4 is 17.6 Å². The number of anilines is 1. The van der Waals surface area contributed by atoms with Crippen molar-refractivity contribution in [2.45, 2.75) is 25.6 Å². The van der Waals surface area contributed by atoms with Crippen molar-refractivity contribution in [2.75, 3.05) is 25.1 Å². The van der Waals surface area contributed by atoms with Gasteiger partial charge in [-0.2, -0.15) is 0 Å². The minimum atomic E-state index is -0.926. The molecule has 1 atom stereocenters. The highest BCUT2D eigenvalue weighted by molar-refractivity contribution is 6.15. The molecule has 0 spiro atoms. The molecule has 1 unspecified atom stereocenters. The van der Waals surface area contributed by atoms with Crippen molar-refractivity contribution in [1.29, 1.82) is 0 Å². The summed E-state index contributed by atoms with van der Waals surface area (Å²) in [5.41, 5.74) is 2.02. The summed E-state index contributed by atoms with van der Waals surface area (Å²) >= 11 is 0. The standard InChI is InChI=1S/C15H17NO5/c1-3-19-14(18)12-10-8-9(15(2)20-6-7-21-15)4-5-11(10)16-13(12)17/h4-5,8,12H,3,6-7H2,1-2H3,(H,16,17). The van der Waals surface area contributed by atoms with E-state index in [2.05, 4.69) is 5.32 Å². The van der Waals surface area contributed by atoms with Gasteiger partial charge in [-0.05, 0) is 31.5 Å². The van der Waals surface area contributed by atoms with Crippen LogP contribution < -0.4 is 5.32 Å². The van der Waals surface area contributed by atoms with Crippen LogP contribution in [0.15, 0.2) is 18.2 Å². The molecule has 0 saturated carbocycles. The summed E-state index contributed by atoms with van der Waals surface area (Å²) in [6, 6.07) is 5.37. The third-order valence-corrected chi connectivity index (χ3v) is 3.77. The van der Waals surface area contributed by atoms with Crippen LogP contribution in [0.25, 0.3) is 0 Å². The molecule has 1 amide bonds. The van der Waals surface area contributed by atoms with Gasteiger partial charge in [-0.25, -0.2) is 0 Å². The van der Waals surface area contributed by atoms with Gasteiger partial charge in [0.25, 0.3) is 0 Å². The number of benzene rings is 1. The highest BCUT2D eigenvalue weighted by atomic mass is 16.7. The number of nitrogens with one attached hydrogen (secondary N) is 1. The average Bonchev–Trinajstić information content (AvgIpc) is 3.02. The molecule has 1 N–H and O–H groups in total. The molecule has 0 aliphatic carbocycles. The lowest BCUT2D eigenvalue weighted by atomic mass is 9.96. The maximum Gasteiger partial charge on any atom is 0.323 e. The van der Waals surface area contributed by atoms with Gasteiger partial charge in [0.2, 0.25) is 5.91 Å². The second-order valence-corrected chi connectivity index (χ2v) is 5.12. The molecule has 1 aromatic carbocycles. The number of esters is 1. The molecule has 1 fully saturated rings. The quantitative estimate of drug-likeness (QED) is 0.675. The Kier molecular flexibility index (Phi) is 3.43. The maximum absolute atomic E-state index is 12.0. The minimum absolute atomic E-state index is 0.238. The average molecular weight is 291 g/mol. The van der Waals surface area contributed by atoms with Crippen LogP contribution in [0.3, 0.4) is 0 Å². The Hall–Kier alpha value is -1.92. The zero-order valence-corrected chi connectivity index (χ0v) is 12.0. The van der Waals surface area contributed by atoms with Crippen LogP contribution in [0.4, 0.5) is 5.69 Å². The Morgan fingerprint density at radius 2 is 2.14 bits per heavy atom. The first-order valence-corrected chi connectivity index (χ1v) is 6.95. The van der Waals surface area contributed by atoms with Crippen molar-refractivity contribution < 1.29 is 23.8 Å². The third kappa shape index (κ3) is 2.30. The minimum Gasteiger partial charge on any atom is -0.465 e. The first kappa shape index (κ1) is 14.0. The first-order chi connectivity index (χ1) is 10.0. The molecule has 6 heteroatoms. The maximum atomic E-state index is 12.0. The lowest BCUT2D eigenvalue weighted by Crippen LogP contribution is -2.24. The molecule has 2 heterocycles. The molecule has 6 nitrogen and oxygen atoms in total. The Labute approximate surface area is 122 Å². The van der Waals surface area contributed by atoms with Gasteiger partial charge < -0.3 is 19.5 Å². The lowest BCUT2D eigenvalue weighted by Gasteiger charge is -2.23. The summed E-state index contributed by atoms with van der Waals surface area (Å²) in [6.45, 7) is 4.81. The van der Waals surface area contributed by atoms with E-state index in [1.165, 1.54) is 0 Å². The molecule has 0 aromatic heterocycles. The largest absolute Gasteiger partial charge is 0.465 e. The van der Waals surface area contributed by atoms with Gasteiger partial charge in [0, 0.05) is 11.3 Å². The molecular weight excluding hydrogens is 274 g/mol. The zero-order chi connectivity index (χ0) is 15.0. The summed E-state index contributed by atoms with van der Waals surface area (Å²) in [5.74, 6) is -2.66. The number of hydrogen-bond donors (Lipinski definition) is 1. The van der Waals surface area contributed by atoms with Crippen LogP contribution >= 0.6 is 0 Å². The number of rotatable bonds is 3. The van der Waals surface area contributed by atoms with Crippen LogP contribution in [0, 0.1) is 0 Å². The van der Waals surface area contributed by atoms with Crippen LogP contribution in [0.2, 0.25) is 0 Å². The number of hydrogen-bond acceptors (Lipinski definition) is 5. The third-order valence-electron chi connectivity index (χ3n) is 3.77. The number of ether oxygens (including phenoxy) is 3. The zero-order valence-electron chi connectivity index (χ0n) is 12.0. The highest BCUT2D eigenvalue weighted by Crippen LogP contribution is 2.38. The van der Waals surface area contributed by atoms with Gasteiger partial charge in [-0.3, -0.25) is 9.59 Å². The molecule has 2 aliphatic rings. The van der Waals surface area contributed by atoms with Gasteiger partial charge in [-0.1, -0.05) is 6.07 Å². The van der Waals surface area contributed by atoms with Crippen molar-refractivity contribution in [3.63, 3.8) is 0 Å². The van der Waals surface area contributed by atoms with Crippen molar-refractivity contribution in [1.82, 2.24) is 0 Å². The van der Waals surface area contributed by atoms with Crippen molar-refractivity contribution in [3.05, 3.63) is 29.3 Å². The topological polar surface area (TPSA) is 73.9 Å². The SMILES string of the molecule is CCOC(=O)C1C(=O)Nc2ccc(C3(C)OCCO3)cc21. The fourth-order valence-electron chi connectivity index (χ4n) is 2.68. The molecule has 3 rings (SSSR count). The van der Waals surface area contributed by atoms with E-state index in [0.717, 1.165) is 5.56 Å². The van der Waals surface area contributed by atoms with E-state index in [-0.39, 0.29) is 12.5 Å². The second kappa shape index (κ2) is 5.13. The molecule has 2 aliphatic heterocycles. The highest BCUT2D eigenvalue weighted by Gasteiger charge is 2.40. The Bertz CT molecular complexity index is 592. The Balaban J connectivity index is 1.98.